The van der Waals surface area contributed by atoms with Gasteiger partial charge in [-0.15, -0.1) is 0 Å². The molecular weight excluding hydrogens is 332 g/mol. The van der Waals surface area contributed by atoms with Crippen molar-refractivity contribution in [3.05, 3.63) is 42.0 Å². The lowest BCUT2D eigenvalue weighted by atomic mass is 9.67. The second-order valence-electron chi connectivity index (χ2n) is 6.84. The van der Waals surface area contributed by atoms with Crippen LogP contribution in [0.2, 0.25) is 0 Å². The zero-order valence-electron chi connectivity index (χ0n) is 14.9. The summed E-state index contributed by atoms with van der Waals surface area (Å²) < 4.78 is 11.1. The molecule has 4 atom stereocenters. The number of pyridine rings is 1. The van der Waals surface area contributed by atoms with Gasteiger partial charge < -0.3 is 14.8 Å². The molecule has 4 unspecified atom stereocenters. The average molecular weight is 354 g/mol. The second-order valence-corrected chi connectivity index (χ2v) is 6.84. The average Bonchev–Trinajstić information content (AvgIpc) is 3.09. The second kappa shape index (κ2) is 7.09. The molecule has 136 valence electrons. The summed E-state index contributed by atoms with van der Waals surface area (Å²) >= 11 is 0. The maximum Gasteiger partial charge on any atom is 0.254 e. The van der Waals surface area contributed by atoms with Crippen LogP contribution in [0.1, 0.15) is 22.5 Å². The molecule has 1 aliphatic heterocycles. The Kier molecular flexibility index (Phi) is 4.65. The molecule has 2 aliphatic rings. The molecule has 1 aliphatic carbocycles. The van der Waals surface area contributed by atoms with Crippen LogP contribution in [-0.2, 0) is 9.47 Å². The first-order valence-electron chi connectivity index (χ1n) is 8.84. The summed E-state index contributed by atoms with van der Waals surface area (Å²) in [5.41, 5.74) is 1.97. The van der Waals surface area contributed by atoms with Crippen LogP contribution in [-0.4, -0.2) is 53.3 Å². The highest BCUT2D eigenvalue weighted by Gasteiger charge is 2.54. The number of nitrogens with zero attached hydrogens (tertiary/aromatic N) is 3. The monoisotopic (exact) mass is 354 g/mol. The van der Waals surface area contributed by atoms with Crippen molar-refractivity contribution < 1.29 is 14.3 Å². The Hall–Kier alpha value is -2.38. The summed E-state index contributed by atoms with van der Waals surface area (Å²) in [4.78, 5) is 25.7. The molecule has 1 N–H and O–H groups in total. The van der Waals surface area contributed by atoms with Gasteiger partial charge in [-0.25, -0.2) is 9.97 Å². The predicted octanol–water partition coefficient (Wildman–Crippen LogP) is 1.63. The van der Waals surface area contributed by atoms with Gasteiger partial charge in [-0.1, -0.05) is 0 Å². The van der Waals surface area contributed by atoms with Gasteiger partial charge in [-0.3, -0.25) is 9.78 Å². The van der Waals surface area contributed by atoms with Crippen molar-refractivity contribution in [3.63, 3.8) is 0 Å². The Bertz CT molecular complexity index is 799. The quantitative estimate of drug-likeness (QED) is 0.878. The smallest absolute Gasteiger partial charge is 0.254 e. The number of hydrogen-bond acceptors (Lipinski definition) is 6. The van der Waals surface area contributed by atoms with Gasteiger partial charge in [-0.05, 0) is 25.5 Å². The Morgan fingerprint density at radius 3 is 3.04 bits per heavy atom. The van der Waals surface area contributed by atoms with Crippen molar-refractivity contribution in [1.82, 2.24) is 20.3 Å². The molecule has 0 aromatic carbocycles. The lowest BCUT2D eigenvalue weighted by Gasteiger charge is -2.47. The van der Waals surface area contributed by atoms with Crippen LogP contribution in [0.15, 0.2) is 30.7 Å². The van der Waals surface area contributed by atoms with E-state index >= 15 is 0 Å². The number of ether oxygens (including phenoxy) is 2. The van der Waals surface area contributed by atoms with Gasteiger partial charge in [0.15, 0.2) is 5.82 Å². The standard InChI is InChI=1S/C19H22N4O3/c1-11-14(9-21-18(22-11)12-4-3-6-20-8-12)19(24)23-16-13-5-7-26-17(13)15(16)10-25-2/h3-4,6,8-9,13,15-17H,5,7,10H2,1-2H3,(H,23,24). The summed E-state index contributed by atoms with van der Waals surface area (Å²) in [6.45, 7) is 3.16. The molecule has 2 aromatic heterocycles. The van der Waals surface area contributed by atoms with E-state index in [9.17, 15) is 4.79 Å². The Morgan fingerprint density at radius 2 is 2.31 bits per heavy atom. The van der Waals surface area contributed by atoms with E-state index < -0.39 is 0 Å². The number of amides is 1. The van der Waals surface area contributed by atoms with Crippen molar-refractivity contribution in [1.29, 1.82) is 0 Å². The highest BCUT2D eigenvalue weighted by atomic mass is 16.5. The molecule has 7 heteroatoms. The van der Waals surface area contributed by atoms with Gasteiger partial charge >= 0.3 is 0 Å². The van der Waals surface area contributed by atoms with E-state index in [1.54, 1.807) is 25.7 Å². The molecule has 7 nitrogen and oxygen atoms in total. The first-order chi connectivity index (χ1) is 12.7. The fraction of sp³-hybridized carbons (Fsp3) is 0.474. The molecule has 0 spiro atoms. The van der Waals surface area contributed by atoms with Gasteiger partial charge in [0.05, 0.1) is 24.0 Å². The number of nitrogens with one attached hydrogen (secondary N) is 1. The number of hydrogen-bond donors (Lipinski definition) is 1. The van der Waals surface area contributed by atoms with Gasteiger partial charge in [-0.2, -0.15) is 0 Å². The molecular formula is C19H22N4O3. The predicted molar refractivity (Wildman–Crippen MR) is 94.5 cm³/mol. The molecule has 2 aromatic rings. The van der Waals surface area contributed by atoms with Crippen LogP contribution in [0, 0.1) is 18.8 Å². The van der Waals surface area contributed by atoms with E-state index in [0.717, 1.165) is 18.6 Å². The van der Waals surface area contributed by atoms with Crippen molar-refractivity contribution in [2.45, 2.75) is 25.5 Å². The number of rotatable bonds is 5. The van der Waals surface area contributed by atoms with E-state index in [1.165, 1.54) is 0 Å². The molecule has 26 heavy (non-hydrogen) atoms. The number of carbonyl (C=O) groups is 1. The minimum Gasteiger partial charge on any atom is -0.384 e. The molecule has 1 saturated carbocycles. The number of methoxy groups -OCH3 is 1. The summed E-state index contributed by atoms with van der Waals surface area (Å²) in [5.74, 6) is 0.997. The fourth-order valence-corrected chi connectivity index (χ4v) is 3.99. The number of fused-ring (bicyclic) bond motifs is 1. The van der Waals surface area contributed by atoms with Crippen molar-refractivity contribution in [2.75, 3.05) is 20.3 Å². The zero-order valence-corrected chi connectivity index (χ0v) is 14.9. The van der Waals surface area contributed by atoms with Crippen LogP contribution in [0.3, 0.4) is 0 Å². The molecule has 2 fully saturated rings. The van der Waals surface area contributed by atoms with Crippen LogP contribution < -0.4 is 5.32 Å². The van der Waals surface area contributed by atoms with Crippen molar-refractivity contribution in [3.8, 4) is 11.4 Å². The Labute approximate surface area is 152 Å². The van der Waals surface area contributed by atoms with Gasteiger partial charge in [0.1, 0.15) is 0 Å². The maximum atomic E-state index is 12.8. The van der Waals surface area contributed by atoms with E-state index in [2.05, 4.69) is 20.3 Å². The third-order valence-electron chi connectivity index (χ3n) is 5.33. The maximum absolute atomic E-state index is 12.8. The number of carbonyl (C=O) groups excluding carboxylic acids is 1. The van der Waals surface area contributed by atoms with Crippen LogP contribution >= 0.6 is 0 Å². The summed E-state index contributed by atoms with van der Waals surface area (Å²) in [7, 11) is 1.68. The first-order valence-corrected chi connectivity index (χ1v) is 8.84. The summed E-state index contributed by atoms with van der Waals surface area (Å²) in [6, 6.07) is 3.81. The summed E-state index contributed by atoms with van der Waals surface area (Å²) in [5, 5.41) is 3.15. The van der Waals surface area contributed by atoms with Crippen LogP contribution in [0.5, 0.6) is 0 Å². The number of aryl methyl sites for hydroxylation is 1. The first kappa shape index (κ1) is 17.1. The molecule has 1 saturated heterocycles. The minimum absolute atomic E-state index is 0.0762. The van der Waals surface area contributed by atoms with E-state index in [0.29, 0.717) is 29.6 Å². The molecule has 0 radical (unpaired) electrons. The third-order valence-corrected chi connectivity index (χ3v) is 5.33. The largest absolute Gasteiger partial charge is 0.384 e. The highest BCUT2D eigenvalue weighted by molar-refractivity contribution is 5.95. The highest BCUT2D eigenvalue weighted by Crippen LogP contribution is 2.43. The van der Waals surface area contributed by atoms with Crippen LogP contribution in [0.4, 0.5) is 0 Å². The van der Waals surface area contributed by atoms with E-state index in [4.69, 9.17) is 9.47 Å². The van der Waals surface area contributed by atoms with Crippen LogP contribution in [0.25, 0.3) is 11.4 Å². The fourth-order valence-electron chi connectivity index (χ4n) is 3.99. The van der Waals surface area contributed by atoms with Crippen molar-refractivity contribution >= 4 is 5.91 Å². The Balaban J connectivity index is 1.50. The van der Waals surface area contributed by atoms with Gasteiger partial charge in [0.2, 0.25) is 0 Å². The Morgan fingerprint density at radius 1 is 1.42 bits per heavy atom. The number of aromatic nitrogens is 3. The molecule has 3 heterocycles. The summed E-state index contributed by atoms with van der Waals surface area (Å²) in [6.07, 6.45) is 6.18. The minimum atomic E-state index is -0.142. The molecule has 0 bridgehead atoms. The van der Waals surface area contributed by atoms with E-state index in [1.807, 2.05) is 19.1 Å². The van der Waals surface area contributed by atoms with Gasteiger partial charge in [0.25, 0.3) is 5.91 Å². The SMILES string of the molecule is COCC1C(NC(=O)c2cnc(-c3cccnc3)nc2C)C2CCOC21. The zero-order chi connectivity index (χ0) is 18.1. The van der Waals surface area contributed by atoms with Gasteiger partial charge in [0, 0.05) is 55.7 Å². The van der Waals surface area contributed by atoms with E-state index in [-0.39, 0.29) is 24.0 Å². The molecule has 1 amide bonds. The normalized spacial score (nSPS) is 26.8. The lowest BCUT2D eigenvalue weighted by molar-refractivity contribution is -0.0809. The third kappa shape index (κ3) is 2.97. The lowest BCUT2D eigenvalue weighted by Crippen LogP contribution is -2.62. The molecule has 4 rings (SSSR count). The van der Waals surface area contributed by atoms with Crippen molar-refractivity contribution in [2.24, 2.45) is 11.8 Å². The topological polar surface area (TPSA) is 86.2 Å².